The molecule has 0 bridgehead atoms. The minimum absolute atomic E-state index is 0.0102. The molecule has 0 saturated carbocycles. The van der Waals surface area contributed by atoms with Gasteiger partial charge in [0.15, 0.2) is 0 Å². The van der Waals surface area contributed by atoms with Crippen LogP contribution in [0.2, 0.25) is 0 Å². The van der Waals surface area contributed by atoms with Gasteiger partial charge in [-0.05, 0) is 33.6 Å². The molecule has 0 aliphatic rings. The molecule has 3 unspecified atom stereocenters. The molecule has 504 valence electrons. The summed E-state index contributed by atoms with van der Waals surface area (Å²) in [7, 11) is -12.3. The van der Waals surface area contributed by atoms with Crippen molar-refractivity contribution in [2.45, 2.75) is 144 Å². The predicted molar refractivity (Wildman–Crippen MR) is 309 cm³/mol. The normalized spacial score (nSPS) is 15.2. The maximum Gasteiger partial charge on any atom is 0.475 e. The number of hydrogen-bond donors (Lipinski definition) is 2. The molecular formula is C53H93N2O29P3. The van der Waals surface area contributed by atoms with Crippen molar-refractivity contribution in [1.29, 1.82) is 0 Å². The quantitative estimate of drug-likeness (QED) is 0.0168. The van der Waals surface area contributed by atoms with Gasteiger partial charge in [0.2, 0.25) is 11.8 Å². The van der Waals surface area contributed by atoms with Gasteiger partial charge in [-0.2, -0.15) is 0 Å². The smallest absolute Gasteiger partial charge is 0.463 e. The number of carbonyl (C=O) groups is 8. The van der Waals surface area contributed by atoms with Gasteiger partial charge in [0.25, 0.3) is 0 Å². The number of hydrogen-bond acceptors (Lipinski definition) is 29. The van der Waals surface area contributed by atoms with Gasteiger partial charge < -0.3 is 53.3 Å². The van der Waals surface area contributed by atoms with Crippen LogP contribution in [0.5, 0.6) is 0 Å². The van der Waals surface area contributed by atoms with Crippen LogP contribution in [0.1, 0.15) is 108 Å². The third-order valence-corrected chi connectivity index (χ3v) is 14.0. The third kappa shape index (κ3) is 51.7. The van der Waals surface area contributed by atoms with Crippen molar-refractivity contribution in [1.82, 2.24) is 10.6 Å². The predicted octanol–water partition coefficient (Wildman–Crippen LogP) is 6.30. The fourth-order valence-corrected chi connectivity index (χ4v) is 9.72. The maximum atomic E-state index is 13.2. The number of nitrogens with one attached hydrogen (secondary N) is 2. The van der Waals surface area contributed by atoms with Crippen LogP contribution in [-0.2, 0) is 135 Å². The monoisotopic (exact) mass is 1310 g/mol. The highest BCUT2D eigenvalue weighted by molar-refractivity contribution is 7.49. The lowest BCUT2D eigenvalue weighted by Gasteiger charge is -2.22. The summed E-state index contributed by atoms with van der Waals surface area (Å²) in [5, 5.41) is 4.94. The Morgan fingerprint density at radius 3 is 0.989 bits per heavy atom. The van der Waals surface area contributed by atoms with Crippen LogP contribution in [0.4, 0.5) is 0 Å². The summed E-state index contributed by atoms with van der Waals surface area (Å²) in [5.41, 5.74) is 0. The molecule has 9 atom stereocenters. The van der Waals surface area contributed by atoms with Crippen LogP contribution < -0.4 is 10.6 Å². The molecule has 0 saturated heterocycles. The van der Waals surface area contributed by atoms with Crippen molar-refractivity contribution in [3.8, 4) is 0 Å². The van der Waals surface area contributed by atoms with E-state index in [0.717, 1.165) is 0 Å². The molecule has 0 aromatic heterocycles. The van der Waals surface area contributed by atoms with Gasteiger partial charge in [-0.15, -0.1) is 19.7 Å². The minimum atomic E-state index is -4.26. The number of ether oxygens (including phenoxy) is 9. The Hall–Kier alpha value is -4.81. The number of amides is 2. The molecule has 0 radical (unpaired) electrons. The average Bonchev–Trinajstić information content (AvgIpc) is 3.61. The first-order valence-corrected chi connectivity index (χ1v) is 32.2. The molecule has 2 N–H and O–H groups in total. The lowest BCUT2D eigenvalue weighted by atomic mass is 10.3. The van der Waals surface area contributed by atoms with Gasteiger partial charge in [0.05, 0.1) is 99.1 Å². The number of phosphoric ester groups is 3. The molecule has 0 fully saturated rings. The zero-order valence-corrected chi connectivity index (χ0v) is 54.4. The largest absolute Gasteiger partial charge is 0.475 e. The molecule has 0 aliphatic heterocycles. The van der Waals surface area contributed by atoms with Crippen molar-refractivity contribution in [2.24, 2.45) is 0 Å². The molecule has 87 heavy (non-hydrogen) atoms. The Morgan fingerprint density at radius 2 is 0.690 bits per heavy atom. The minimum Gasteiger partial charge on any atom is -0.463 e. The van der Waals surface area contributed by atoms with Crippen LogP contribution in [0, 0.1) is 0 Å². The fourth-order valence-electron chi connectivity index (χ4n) is 6.06. The summed E-state index contributed by atoms with van der Waals surface area (Å²) in [6, 6.07) is 0. The average molecular weight is 1320 g/mol. The summed E-state index contributed by atoms with van der Waals surface area (Å²) < 4.78 is 133. The highest BCUT2D eigenvalue weighted by Crippen LogP contribution is 2.51. The lowest BCUT2D eigenvalue weighted by Crippen LogP contribution is -2.34. The molecular weight excluding hydrogens is 1220 g/mol. The summed E-state index contributed by atoms with van der Waals surface area (Å²) in [6.07, 6.45) is 1.60. The number of phosphoric acid groups is 3. The van der Waals surface area contributed by atoms with Gasteiger partial charge in [-0.3, -0.25) is 79.1 Å². The molecule has 31 nitrogen and oxygen atoms in total. The van der Waals surface area contributed by atoms with E-state index in [1.165, 1.54) is 59.8 Å². The summed E-state index contributed by atoms with van der Waals surface area (Å²) in [4.78, 5) is 92.1. The fraction of sp³-hybridized carbons (Fsp3) is 0.736. The SMILES string of the molecule is C=CCOP(=O)(OCCC)OC[C@H](COCC[C@@H](C)OC(C)=O)OC(C)=O.C=CCOP(=O)(OCCCNC(=O)CC(=O)NCCOP(=O)(OCC=C)OC[C@H](COCC[C@@H](C)OC(C)=O)OC(C)=O)OC[C@H](COCC[C@@H](C)OC(C)=O)OC(C)=O. The summed E-state index contributed by atoms with van der Waals surface area (Å²) >= 11 is 0. The van der Waals surface area contributed by atoms with Gasteiger partial charge in [0, 0.05) is 73.9 Å². The highest BCUT2D eigenvalue weighted by Gasteiger charge is 2.32. The molecule has 0 heterocycles. The van der Waals surface area contributed by atoms with Crippen molar-refractivity contribution in [3.05, 3.63) is 38.0 Å². The zero-order valence-electron chi connectivity index (χ0n) is 51.8. The Morgan fingerprint density at radius 1 is 0.391 bits per heavy atom. The molecule has 34 heteroatoms. The standard InChI is InChI=1S/C36H62N2O20P2.C17H31O9P/c1-9-16-49-59(45,53-25-33(57-31(7)41)23-47-19-12-27(3)55-29(5)39)51-18-11-14-37-35(43)22-36(44)38-15-21-52-60(46,50-17-10-2)54-26-34(58-32(8)42)24-48-20-13-28(4)56-30(6)40;1-6-9-22-27(20,23-10-7-2)24-13-17(26-16(5)19)12-21-11-8-14(3)25-15(4)18/h9-10,27-28,33-34H,1-2,11-26H2,3-8H3,(H,37,43)(H,38,44);6,14,17H,1,7-13H2,2-5H3/t27-,28-,33+,34+,59?,60?;14-,17+,27?/m11/s1. The van der Waals surface area contributed by atoms with E-state index in [4.69, 9.17) is 83.3 Å². The van der Waals surface area contributed by atoms with E-state index in [2.05, 4.69) is 30.4 Å². The van der Waals surface area contributed by atoms with Crippen molar-refractivity contribution >= 4 is 71.1 Å². The van der Waals surface area contributed by atoms with E-state index in [1.807, 2.05) is 6.92 Å². The van der Waals surface area contributed by atoms with Gasteiger partial charge in [-0.25, -0.2) is 13.7 Å². The van der Waals surface area contributed by atoms with Crippen molar-refractivity contribution < 1.29 is 135 Å². The summed E-state index contributed by atoms with van der Waals surface area (Å²) in [5.74, 6) is -4.39. The summed E-state index contributed by atoms with van der Waals surface area (Å²) in [6.45, 7) is 23.2. The Labute approximate surface area is 510 Å². The molecule has 0 aliphatic carbocycles. The molecule has 2 amide bonds. The van der Waals surface area contributed by atoms with Crippen LogP contribution in [-0.4, -0.2) is 196 Å². The van der Waals surface area contributed by atoms with E-state index in [9.17, 15) is 52.1 Å². The third-order valence-electron chi connectivity index (χ3n) is 9.66. The van der Waals surface area contributed by atoms with Crippen molar-refractivity contribution in [2.75, 3.05) is 112 Å². The van der Waals surface area contributed by atoms with E-state index >= 15 is 0 Å². The first kappa shape index (κ1) is 84.3. The lowest BCUT2D eigenvalue weighted by molar-refractivity contribution is -0.153. The number of rotatable bonds is 53. The van der Waals surface area contributed by atoms with Gasteiger partial charge in [-0.1, -0.05) is 25.2 Å². The highest BCUT2D eigenvalue weighted by atomic mass is 31.2. The second-order valence-corrected chi connectivity index (χ2v) is 23.3. The van der Waals surface area contributed by atoms with Crippen LogP contribution in [0.3, 0.4) is 0 Å². The van der Waals surface area contributed by atoms with Crippen LogP contribution >= 0.6 is 23.5 Å². The second kappa shape index (κ2) is 51.0. The van der Waals surface area contributed by atoms with Crippen LogP contribution in [0.15, 0.2) is 38.0 Å². The zero-order chi connectivity index (χ0) is 66.1. The van der Waals surface area contributed by atoms with E-state index in [1.54, 1.807) is 20.8 Å². The van der Waals surface area contributed by atoms with E-state index in [0.29, 0.717) is 25.7 Å². The first-order chi connectivity index (χ1) is 41.0. The van der Waals surface area contributed by atoms with E-state index in [-0.39, 0.29) is 117 Å². The molecule has 0 rings (SSSR count). The molecule has 0 spiro atoms. The number of esters is 6. The topological polar surface area (TPSA) is 378 Å². The van der Waals surface area contributed by atoms with Crippen LogP contribution in [0.25, 0.3) is 0 Å². The Bertz CT molecular complexity index is 2190. The van der Waals surface area contributed by atoms with E-state index < -0.39 is 115 Å². The number of carbonyl (C=O) groups excluding carboxylic acids is 8. The Kier molecular flexibility index (Phi) is 49.4. The van der Waals surface area contributed by atoms with Gasteiger partial charge >= 0.3 is 59.3 Å². The first-order valence-electron chi connectivity index (χ1n) is 27.8. The maximum absolute atomic E-state index is 13.2. The molecule has 0 aromatic carbocycles. The Balaban J connectivity index is 0. The van der Waals surface area contributed by atoms with Gasteiger partial charge in [0.1, 0.15) is 43.0 Å². The van der Waals surface area contributed by atoms with Crippen molar-refractivity contribution in [3.63, 3.8) is 0 Å². The molecule has 0 aromatic rings. The second-order valence-electron chi connectivity index (χ2n) is 18.3.